The first kappa shape index (κ1) is 19.5. The lowest BCUT2D eigenvalue weighted by atomic mass is 10.1. The van der Waals surface area contributed by atoms with E-state index in [0.29, 0.717) is 16.5 Å². The monoisotopic (exact) mass is 379 g/mol. The molecule has 0 heterocycles. The van der Waals surface area contributed by atoms with Gasteiger partial charge >= 0.3 is 0 Å². The van der Waals surface area contributed by atoms with Crippen molar-refractivity contribution >= 4 is 29.3 Å². The molecule has 2 aromatic carbocycles. The summed E-state index contributed by atoms with van der Waals surface area (Å²) in [5.41, 5.74) is 0.953. The summed E-state index contributed by atoms with van der Waals surface area (Å²) < 4.78 is 10.6. The molecule has 6 heteroatoms. The maximum absolute atomic E-state index is 12.5. The van der Waals surface area contributed by atoms with E-state index in [9.17, 15) is 4.79 Å². The van der Waals surface area contributed by atoms with Gasteiger partial charge in [0.15, 0.2) is 11.5 Å². The van der Waals surface area contributed by atoms with Gasteiger partial charge in [-0.15, -0.1) is 11.8 Å². The average Bonchev–Trinajstić information content (AvgIpc) is 2.62. The summed E-state index contributed by atoms with van der Waals surface area (Å²) in [4.78, 5) is 13.5. The van der Waals surface area contributed by atoms with Gasteiger partial charge in [-0.25, -0.2) is 0 Å². The van der Waals surface area contributed by atoms with Crippen LogP contribution in [0.3, 0.4) is 0 Å². The van der Waals surface area contributed by atoms with Gasteiger partial charge in [0.25, 0.3) is 0 Å². The molecule has 0 saturated heterocycles. The fourth-order valence-electron chi connectivity index (χ4n) is 2.31. The third-order valence-corrected chi connectivity index (χ3v) is 5.13. The lowest BCUT2D eigenvalue weighted by Crippen LogP contribution is -2.33. The SMILES string of the molecule is COc1ccc(C(C)NC(=O)C(C)Sc2ccc(Cl)cc2)cc1OC. The molecule has 2 aromatic rings. The van der Waals surface area contributed by atoms with Crippen LogP contribution in [0.5, 0.6) is 11.5 Å². The van der Waals surface area contributed by atoms with Crippen molar-refractivity contribution in [3.8, 4) is 11.5 Å². The standard InChI is InChI=1S/C19H22ClNO3S/c1-12(14-5-10-17(23-3)18(11-14)24-4)21-19(22)13(2)25-16-8-6-15(20)7-9-16/h5-13H,1-4H3,(H,21,22). The Balaban J connectivity index is 2.00. The lowest BCUT2D eigenvalue weighted by Gasteiger charge is -2.19. The molecule has 0 aliphatic heterocycles. The first-order valence-electron chi connectivity index (χ1n) is 7.89. The van der Waals surface area contributed by atoms with Crippen molar-refractivity contribution in [2.75, 3.05) is 14.2 Å². The van der Waals surface area contributed by atoms with Crippen LogP contribution in [0.2, 0.25) is 5.02 Å². The van der Waals surface area contributed by atoms with Gasteiger partial charge in [-0.2, -0.15) is 0 Å². The molecule has 134 valence electrons. The zero-order valence-electron chi connectivity index (χ0n) is 14.7. The Labute approximate surface area is 157 Å². The Morgan fingerprint density at radius 3 is 2.28 bits per heavy atom. The number of benzene rings is 2. The van der Waals surface area contributed by atoms with Crippen LogP contribution in [-0.4, -0.2) is 25.4 Å². The van der Waals surface area contributed by atoms with Crippen LogP contribution in [0.25, 0.3) is 0 Å². The number of carbonyl (C=O) groups is 1. The quantitative estimate of drug-likeness (QED) is 0.707. The number of nitrogens with one attached hydrogen (secondary N) is 1. The summed E-state index contributed by atoms with van der Waals surface area (Å²) >= 11 is 7.38. The fraction of sp³-hybridized carbons (Fsp3) is 0.316. The first-order chi connectivity index (χ1) is 11.9. The largest absolute Gasteiger partial charge is 0.493 e. The summed E-state index contributed by atoms with van der Waals surface area (Å²) in [6.45, 7) is 3.83. The molecule has 1 amide bonds. The molecule has 2 unspecified atom stereocenters. The predicted molar refractivity (Wildman–Crippen MR) is 103 cm³/mol. The van der Waals surface area contributed by atoms with Crippen molar-refractivity contribution in [2.24, 2.45) is 0 Å². The Morgan fingerprint density at radius 1 is 1.04 bits per heavy atom. The molecule has 2 rings (SSSR count). The molecular formula is C19H22ClNO3S. The van der Waals surface area contributed by atoms with E-state index in [1.165, 1.54) is 11.8 Å². The van der Waals surface area contributed by atoms with E-state index in [-0.39, 0.29) is 17.2 Å². The average molecular weight is 380 g/mol. The third-order valence-electron chi connectivity index (χ3n) is 3.76. The summed E-state index contributed by atoms with van der Waals surface area (Å²) in [5, 5.41) is 3.50. The highest BCUT2D eigenvalue weighted by atomic mass is 35.5. The molecule has 0 aliphatic rings. The minimum Gasteiger partial charge on any atom is -0.493 e. The number of rotatable bonds is 7. The number of amides is 1. The second-order valence-corrected chi connectivity index (χ2v) is 7.41. The minimum absolute atomic E-state index is 0.0257. The van der Waals surface area contributed by atoms with Crippen molar-refractivity contribution in [2.45, 2.75) is 30.0 Å². The molecule has 0 radical (unpaired) electrons. The van der Waals surface area contributed by atoms with E-state index in [4.69, 9.17) is 21.1 Å². The van der Waals surface area contributed by atoms with Crippen LogP contribution >= 0.6 is 23.4 Å². The maximum atomic E-state index is 12.5. The molecule has 2 atom stereocenters. The minimum atomic E-state index is -0.219. The number of methoxy groups -OCH3 is 2. The van der Waals surface area contributed by atoms with Crippen LogP contribution < -0.4 is 14.8 Å². The van der Waals surface area contributed by atoms with Crippen molar-refractivity contribution in [1.29, 1.82) is 0 Å². The molecule has 0 bridgehead atoms. The first-order valence-corrected chi connectivity index (χ1v) is 9.15. The Kier molecular flexibility index (Phi) is 7.02. The second-order valence-electron chi connectivity index (χ2n) is 5.56. The van der Waals surface area contributed by atoms with E-state index in [0.717, 1.165) is 10.5 Å². The summed E-state index contributed by atoms with van der Waals surface area (Å²) in [5.74, 6) is 1.28. The molecule has 0 aromatic heterocycles. The Morgan fingerprint density at radius 2 is 1.68 bits per heavy atom. The van der Waals surface area contributed by atoms with E-state index < -0.39 is 0 Å². The maximum Gasteiger partial charge on any atom is 0.233 e. The summed E-state index contributed by atoms with van der Waals surface area (Å²) in [7, 11) is 3.19. The zero-order chi connectivity index (χ0) is 18.4. The van der Waals surface area contributed by atoms with Crippen LogP contribution in [0, 0.1) is 0 Å². The highest BCUT2D eigenvalue weighted by Gasteiger charge is 2.18. The molecule has 4 nitrogen and oxygen atoms in total. The fourth-order valence-corrected chi connectivity index (χ4v) is 3.31. The van der Waals surface area contributed by atoms with Crippen LogP contribution in [0.1, 0.15) is 25.5 Å². The van der Waals surface area contributed by atoms with Crippen molar-refractivity contribution in [3.63, 3.8) is 0 Å². The van der Waals surface area contributed by atoms with Gasteiger partial charge < -0.3 is 14.8 Å². The van der Waals surface area contributed by atoms with E-state index in [1.54, 1.807) is 14.2 Å². The highest BCUT2D eigenvalue weighted by molar-refractivity contribution is 8.00. The number of hydrogen-bond acceptors (Lipinski definition) is 4. The van der Waals surface area contributed by atoms with Gasteiger partial charge in [-0.3, -0.25) is 4.79 Å². The molecule has 0 saturated carbocycles. The van der Waals surface area contributed by atoms with E-state index in [1.807, 2.05) is 56.3 Å². The van der Waals surface area contributed by atoms with Gasteiger partial charge in [-0.1, -0.05) is 17.7 Å². The summed E-state index contributed by atoms with van der Waals surface area (Å²) in [6.07, 6.45) is 0. The third kappa shape index (κ3) is 5.31. The number of halogens is 1. The van der Waals surface area contributed by atoms with Crippen molar-refractivity contribution in [1.82, 2.24) is 5.32 Å². The molecular weight excluding hydrogens is 358 g/mol. The second kappa shape index (κ2) is 9.02. The van der Waals surface area contributed by atoms with Crippen LogP contribution in [-0.2, 0) is 4.79 Å². The molecule has 0 fully saturated rings. The zero-order valence-corrected chi connectivity index (χ0v) is 16.3. The Bertz CT molecular complexity index is 721. The van der Waals surface area contributed by atoms with Crippen molar-refractivity contribution in [3.05, 3.63) is 53.1 Å². The van der Waals surface area contributed by atoms with Gasteiger partial charge in [0.05, 0.1) is 25.5 Å². The summed E-state index contributed by atoms with van der Waals surface area (Å²) in [6, 6.07) is 13.0. The number of ether oxygens (including phenoxy) is 2. The highest BCUT2D eigenvalue weighted by Crippen LogP contribution is 2.30. The molecule has 1 N–H and O–H groups in total. The molecule has 0 spiro atoms. The predicted octanol–water partition coefficient (Wildman–Crippen LogP) is 4.72. The van der Waals surface area contributed by atoms with E-state index in [2.05, 4.69) is 5.32 Å². The normalized spacial score (nSPS) is 13.0. The molecule has 25 heavy (non-hydrogen) atoms. The topological polar surface area (TPSA) is 47.6 Å². The van der Waals surface area contributed by atoms with Gasteiger partial charge in [0.1, 0.15) is 0 Å². The van der Waals surface area contributed by atoms with Gasteiger partial charge in [0.2, 0.25) is 5.91 Å². The number of thioether (sulfide) groups is 1. The van der Waals surface area contributed by atoms with Crippen molar-refractivity contribution < 1.29 is 14.3 Å². The van der Waals surface area contributed by atoms with Gasteiger partial charge in [0, 0.05) is 9.92 Å². The van der Waals surface area contributed by atoms with Gasteiger partial charge in [-0.05, 0) is 55.8 Å². The Hall–Kier alpha value is -1.85. The van der Waals surface area contributed by atoms with Crippen LogP contribution in [0.4, 0.5) is 0 Å². The lowest BCUT2D eigenvalue weighted by molar-refractivity contribution is -0.120. The van der Waals surface area contributed by atoms with E-state index >= 15 is 0 Å². The smallest absolute Gasteiger partial charge is 0.233 e. The number of hydrogen-bond donors (Lipinski definition) is 1. The molecule has 0 aliphatic carbocycles. The van der Waals surface area contributed by atoms with Crippen LogP contribution in [0.15, 0.2) is 47.4 Å². The number of carbonyl (C=O) groups excluding carboxylic acids is 1.